The molecule has 0 spiro atoms. The summed E-state index contributed by atoms with van der Waals surface area (Å²) in [6.45, 7) is 2.39. The van der Waals surface area contributed by atoms with Gasteiger partial charge in [0.2, 0.25) is 5.91 Å². The van der Waals surface area contributed by atoms with Gasteiger partial charge in [0.25, 0.3) is 0 Å². The molecule has 0 aromatic heterocycles. The van der Waals surface area contributed by atoms with Crippen molar-refractivity contribution in [2.24, 2.45) is 5.73 Å². The van der Waals surface area contributed by atoms with Crippen LogP contribution >= 0.6 is 0 Å². The lowest BCUT2D eigenvalue weighted by molar-refractivity contribution is -0.121. The first-order valence-electron chi connectivity index (χ1n) is 6.02. The Labute approximate surface area is 104 Å². The van der Waals surface area contributed by atoms with E-state index in [1.165, 1.54) is 6.26 Å². The summed E-state index contributed by atoms with van der Waals surface area (Å²) < 4.78 is 22.0. The van der Waals surface area contributed by atoms with Gasteiger partial charge in [0.15, 0.2) is 0 Å². The number of rotatable bonds is 9. The largest absolute Gasteiger partial charge is 0.353 e. The summed E-state index contributed by atoms with van der Waals surface area (Å²) in [5, 5.41) is 2.68. The molecular weight excluding hydrogens is 240 g/mol. The van der Waals surface area contributed by atoms with Crippen molar-refractivity contribution in [1.29, 1.82) is 0 Å². The fourth-order valence-electron chi connectivity index (χ4n) is 1.63. The first kappa shape index (κ1) is 16.4. The van der Waals surface area contributed by atoms with Gasteiger partial charge in [-0.05, 0) is 26.3 Å². The van der Waals surface area contributed by atoms with E-state index in [9.17, 15) is 13.2 Å². The molecule has 0 rings (SSSR count). The smallest absolute Gasteiger partial charge is 0.220 e. The lowest BCUT2D eigenvalue weighted by Crippen LogP contribution is -2.37. The number of nitrogens with two attached hydrogens (primary N) is 1. The molecule has 1 amide bonds. The molecule has 0 saturated carbocycles. The van der Waals surface area contributed by atoms with Gasteiger partial charge in [-0.3, -0.25) is 4.79 Å². The summed E-state index contributed by atoms with van der Waals surface area (Å²) in [7, 11) is -3.03. The monoisotopic (exact) mass is 264 g/mol. The van der Waals surface area contributed by atoms with Crippen molar-refractivity contribution in [3.63, 3.8) is 0 Å². The summed E-state index contributed by atoms with van der Waals surface area (Å²) in [4.78, 5) is 11.4. The lowest BCUT2D eigenvalue weighted by Gasteiger charge is -2.12. The zero-order valence-electron chi connectivity index (χ0n) is 10.7. The molecule has 1 unspecified atom stereocenters. The number of unbranched alkanes of at least 4 members (excludes halogenated alkanes) is 3. The first-order valence-corrected chi connectivity index (χ1v) is 8.08. The van der Waals surface area contributed by atoms with E-state index in [4.69, 9.17) is 5.73 Å². The Morgan fingerprint density at radius 1 is 1.24 bits per heavy atom. The molecule has 0 bridgehead atoms. The normalized spacial score (nSPS) is 13.4. The number of hydrogen-bond acceptors (Lipinski definition) is 4. The van der Waals surface area contributed by atoms with Crippen LogP contribution in [0.15, 0.2) is 0 Å². The van der Waals surface area contributed by atoms with Crippen LogP contribution in [0.25, 0.3) is 0 Å². The van der Waals surface area contributed by atoms with Crippen LogP contribution in [-0.2, 0) is 14.6 Å². The van der Waals surface area contributed by atoms with E-state index in [2.05, 4.69) is 5.32 Å². The van der Waals surface area contributed by atoms with Gasteiger partial charge in [0, 0.05) is 18.7 Å². The number of carbonyl (C=O) groups is 1. The Kier molecular flexibility index (Phi) is 8.16. The molecule has 6 heteroatoms. The second-order valence-corrected chi connectivity index (χ2v) is 6.70. The van der Waals surface area contributed by atoms with Crippen LogP contribution in [0, 0.1) is 0 Å². The summed E-state index contributed by atoms with van der Waals surface area (Å²) in [5.74, 6) is -0.0831. The molecule has 17 heavy (non-hydrogen) atoms. The third kappa shape index (κ3) is 11.6. The van der Waals surface area contributed by atoms with Gasteiger partial charge < -0.3 is 11.1 Å². The van der Waals surface area contributed by atoms with Gasteiger partial charge in [0.1, 0.15) is 9.84 Å². The van der Waals surface area contributed by atoms with Gasteiger partial charge in [-0.15, -0.1) is 0 Å². The quantitative estimate of drug-likeness (QED) is 0.592. The predicted molar refractivity (Wildman–Crippen MR) is 69.5 cm³/mol. The number of amides is 1. The second-order valence-electron chi connectivity index (χ2n) is 4.51. The van der Waals surface area contributed by atoms with Crippen LogP contribution in [0.1, 0.15) is 39.0 Å². The van der Waals surface area contributed by atoms with Gasteiger partial charge in [0.05, 0.1) is 5.75 Å². The number of nitrogens with one attached hydrogen (secondary N) is 1. The standard InChI is InChI=1S/C11H24N2O3S/c1-10(9-17(2,15)16)13-11(14)7-5-3-4-6-8-12/h10H,3-9,12H2,1-2H3,(H,13,14). The fraction of sp³-hybridized carbons (Fsp3) is 0.909. The minimum absolute atomic E-state index is 0.00802. The minimum Gasteiger partial charge on any atom is -0.353 e. The predicted octanol–water partition coefficient (Wildman–Crippen LogP) is 0.445. The highest BCUT2D eigenvalue weighted by molar-refractivity contribution is 7.90. The first-order chi connectivity index (χ1) is 7.85. The van der Waals surface area contributed by atoms with Crippen LogP contribution in [0.5, 0.6) is 0 Å². The summed E-state index contributed by atoms with van der Waals surface area (Å²) in [5.41, 5.74) is 5.36. The molecule has 0 fully saturated rings. The van der Waals surface area contributed by atoms with E-state index in [0.29, 0.717) is 13.0 Å². The molecule has 0 heterocycles. The van der Waals surface area contributed by atoms with E-state index in [-0.39, 0.29) is 17.7 Å². The fourth-order valence-corrected chi connectivity index (χ4v) is 2.62. The Morgan fingerprint density at radius 2 is 1.82 bits per heavy atom. The third-order valence-corrected chi connectivity index (χ3v) is 3.42. The maximum absolute atomic E-state index is 11.4. The molecule has 0 aliphatic heterocycles. The van der Waals surface area contributed by atoms with Gasteiger partial charge in [-0.2, -0.15) is 0 Å². The van der Waals surface area contributed by atoms with Crippen LogP contribution in [-0.4, -0.2) is 38.9 Å². The van der Waals surface area contributed by atoms with Crippen molar-refractivity contribution < 1.29 is 13.2 Å². The van der Waals surface area contributed by atoms with Crippen LogP contribution in [0.2, 0.25) is 0 Å². The summed E-state index contributed by atoms with van der Waals surface area (Å²) >= 11 is 0. The van der Waals surface area contributed by atoms with E-state index >= 15 is 0 Å². The van der Waals surface area contributed by atoms with Crippen LogP contribution in [0.3, 0.4) is 0 Å². The molecule has 0 aromatic carbocycles. The van der Waals surface area contributed by atoms with Crippen molar-refractivity contribution in [2.75, 3.05) is 18.6 Å². The Morgan fingerprint density at radius 3 is 2.35 bits per heavy atom. The highest BCUT2D eigenvalue weighted by Crippen LogP contribution is 2.02. The van der Waals surface area contributed by atoms with E-state index < -0.39 is 9.84 Å². The zero-order chi connectivity index (χ0) is 13.3. The van der Waals surface area contributed by atoms with Crippen molar-refractivity contribution in [3.05, 3.63) is 0 Å². The number of hydrogen-bond donors (Lipinski definition) is 2. The van der Waals surface area contributed by atoms with E-state index in [0.717, 1.165) is 25.7 Å². The molecular formula is C11H24N2O3S. The summed E-state index contributed by atoms with van der Waals surface area (Å²) in [6.07, 6.45) is 5.48. The Hall–Kier alpha value is -0.620. The van der Waals surface area contributed by atoms with Crippen molar-refractivity contribution in [3.8, 4) is 0 Å². The average molecular weight is 264 g/mol. The van der Waals surface area contributed by atoms with Gasteiger partial charge in [-0.1, -0.05) is 12.8 Å². The minimum atomic E-state index is -3.03. The molecule has 0 aliphatic rings. The second kappa shape index (κ2) is 8.47. The molecule has 1 atom stereocenters. The van der Waals surface area contributed by atoms with Crippen molar-refractivity contribution >= 4 is 15.7 Å². The summed E-state index contributed by atoms with van der Waals surface area (Å²) in [6, 6.07) is -0.318. The molecule has 0 radical (unpaired) electrons. The van der Waals surface area contributed by atoms with Crippen molar-refractivity contribution in [2.45, 2.75) is 45.1 Å². The van der Waals surface area contributed by atoms with Gasteiger partial charge in [-0.25, -0.2) is 8.42 Å². The Balaban J connectivity index is 3.65. The number of carbonyl (C=O) groups excluding carboxylic acids is 1. The van der Waals surface area contributed by atoms with Gasteiger partial charge >= 0.3 is 0 Å². The molecule has 3 N–H and O–H groups in total. The van der Waals surface area contributed by atoms with Crippen LogP contribution < -0.4 is 11.1 Å². The SMILES string of the molecule is CC(CS(C)(=O)=O)NC(=O)CCCCCCN. The van der Waals surface area contributed by atoms with E-state index in [1.54, 1.807) is 6.92 Å². The molecule has 0 saturated heterocycles. The Bertz CT molecular complexity index is 315. The maximum Gasteiger partial charge on any atom is 0.220 e. The van der Waals surface area contributed by atoms with Crippen molar-refractivity contribution in [1.82, 2.24) is 5.32 Å². The average Bonchev–Trinajstić information content (AvgIpc) is 2.14. The number of sulfone groups is 1. The molecule has 102 valence electrons. The van der Waals surface area contributed by atoms with E-state index in [1.807, 2.05) is 0 Å². The highest BCUT2D eigenvalue weighted by atomic mass is 32.2. The van der Waals surface area contributed by atoms with Crippen LogP contribution in [0.4, 0.5) is 0 Å². The molecule has 5 nitrogen and oxygen atoms in total. The third-order valence-electron chi connectivity index (χ3n) is 2.32. The molecule has 0 aromatic rings. The maximum atomic E-state index is 11.4. The topological polar surface area (TPSA) is 89.3 Å². The zero-order valence-corrected chi connectivity index (χ0v) is 11.6. The lowest BCUT2D eigenvalue weighted by atomic mass is 10.1. The highest BCUT2D eigenvalue weighted by Gasteiger charge is 2.12. The molecule has 0 aliphatic carbocycles.